The van der Waals surface area contributed by atoms with Crippen LogP contribution in [0.4, 0.5) is 0 Å². The predicted molar refractivity (Wildman–Crippen MR) is 173 cm³/mol. The third kappa shape index (κ3) is 9.65. The van der Waals surface area contributed by atoms with Crippen molar-refractivity contribution in [1.29, 1.82) is 0 Å². The second-order valence-electron chi connectivity index (χ2n) is 19.0. The van der Waals surface area contributed by atoms with Crippen molar-refractivity contribution in [3.8, 4) is 0 Å². The Labute approximate surface area is 287 Å². The number of hydrogen-bond acceptors (Lipinski definition) is 14. The molecule has 0 aromatic heterocycles. The maximum atomic E-state index is 10.9. The molecule has 0 amide bonds. The SMILES string of the molecule is CC1CC(C)(C)C(OOC(C)(C)C)(OOC(C)(C)C)C(OO)(OOC2(OO)CC(C)CC(C)(C)C2(OOC(C)(C)C)OOC(C)(C)C)C1. The molecule has 48 heavy (non-hydrogen) atoms. The van der Waals surface area contributed by atoms with Gasteiger partial charge in [0.25, 0.3) is 23.1 Å². The molecule has 2 aliphatic carbocycles. The third-order valence-electron chi connectivity index (χ3n) is 7.98. The molecular formula is C34H66O14. The van der Waals surface area contributed by atoms with Gasteiger partial charge in [0.15, 0.2) is 0 Å². The maximum absolute atomic E-state index is 10.9. The van der Waals surface area contributed by atoms with Gasteiger partial charge in [-0.05, 0) is 108 Å². The van der Waals surface area contributed by atoms with Gasteiger partial charge in [-0.25, -0.2) is 30.1 Å². The van der Waals surface area contributed by atoms with Gasteiger partial charge in [-0.2, -0.15) is 39.1 Å². The van der Waals surface area contributed by atoms with Gasteiger partial charge in [-0.15, -0.1) is 0 Å². The molecule has 0 heterocycles. The highest BCUT2D eigenvalue weighted by Gasteiger charge is 2.76. The summed E-state index contributed by atoms with van der Waals surface area (Å²) in [6, 6.07) is 0. The molecule has 4 atom stereocenters. The van der Waals surface area contributed by atoms with Crippen molar-refractivity contribution in [2.24, 2.45) is 22.7 Å². The fourth-order valence-electron chi connectivity index (χ4n) is 6.38. The van der Waals surface area contributed by atoms with Crippen molar-refractivity contribution in [2.45, 2.75) is 196 Å². The molecule has 14 heteroatoms. The molecule has 14 nitrogen and oxygen atoms in total. The lowest BCUT2D eigenvalue weighted by Gasteiger charge is -2.58. The lowest BCUT2D eigenvalue weighted by Crippen LogP contribution is -2.74. The van der Waals surface area contributed by atoms with E-state index in [4.69, 9.17) is 58.7 Å². The Bertz CT molecular complexity index is 916. The molecule has 2 rings (SSSR count). The molecule has 0 saturated heterocycles. The van der Waals surface area contributed by atoms with Crippen LogP contribution in [0, 0.1) is 22.7 Å². The minimum Gasteiger partial charge on any atom is -0.248 e. The van der Waals surface area contributed by atoms with Crippen LogP contribution in [0.15, 0.2) is 0 Å². The molecule has 0 bridgehead atoms. The van der Waals surface area contributed by atoms with Crippen molar-refractivity contribution in [3.63, 3.8) is 0 Å². The van der Waals surface area contributed by atoms with E-state index in [0.29, 0.717) is 12.8 Å². The first kappa shape index (κ1) is 43.6. The van der Waals surface area contributed by atoms with Gasteiger partial charge in [-0.1, -0.05) is 41.5 Å². The van der Waals surface area contributed by atoms with Crippen LogP contribution >= 0.6 is 0 Å². The Morgan fingerprint density at radius 3 is 0.833 bits per heavy atom. The largest absolute Gasteiger partial charge is 0.297 e. The van der Waals surface area contributed by atoms with E-state index in [-0.39, 0.29) is 24.7 Å². The van der Waals surface area contributed by atoms with E-state index in [0.717, 1.165) is 0 Å². The summed E-state index contributed by atoms with van der Waals surface area (Å²) in [7, 11) is 0. The minimum absolute atomic E-state index is 0.0694. The van der Waals surface area contributed by atoms with Gasteiger partial charge < -0.3 is 0 Å². The summed E-state index contributed by atoms with van der Waals surface area (Å²) < 4.78 is 0. The molecule has 0 spiro atoms. The summed E-state index contributed by atoms with van der Waals surface area (Å²) in [5.41, 5.74) is -5.53. The third-order valence-corrected chi connectivity index (χ3v) is 7.98. The molecule has 0 aliphatic heterocycles. The van der Waals surface area contributed by atoms with Crippen molar-refractivity contribution in [2.75, 3.05) is 0 Å². The monoisotopic (exact) mass is 698 g/mol. The van der Waals surface area contributed by atoms with Crippen LogP contribution < -0.4 is 0 Å². The topological polar surface area (TPSA) is 151 Å². The van der Waals surface area contributed by atoms with E-state index >= 15 is 0 Å². The Balaban J connectivity index is 2.87. The second kappa shape index (κ2) is 14.5. The Kier molecular flexibility index (Phi) is 13.1. The van der Waals surface area contributed by atoms with E-state index in [1.807, 2.05) is 41.5 Å². The van der Waals surface area contributed by atoms with E-state index in [2.05, 4.69) is 0 Å². The zero-order valence-corrected chi connectivity index (χ0v) is 32.8. The zero-order valence-electron chi connectivity index (χ0n) is 32.8. The summed E-state index contributed by atoms with van der Waals surface area (Å²) in [6.45, 7) is 32.5. The van der Waals surface area contributed by atoms with Crippen LogP contribution in [0.1, 0.15) is 150 Å². The van der Waals surface area contributed by atoms with Crippen molar-refractivity contribution in [3.05, 3.63) is 0 Å². The number of rotatable bonds is 13. The summed E-state index contributed by atoms with van der Waals surface area (Å²) in [5.74, 6) is -9.35. The highest BCUT2D eigenvalue weighted by molar-refractivity contribution is 5.06. The zero-order chi connectivity index (χ0) is 37.5. The maximum Gasteiger partial charge on any atom is 0.297 e. The van der Waals surface area contributed by atoms with E-state index in [9.17, 15) is 10.5 Å². The first-order valence-corrected chi connectivity index (χ1v) is 16.8. The Morgan fingerprint density at radius 1 is 0.417 bits per heavy atom. The fraction of sp³-hybridized carbons (Fsp3) is 1.00. The highest BCUT2D eigenvalue weighted by Crippen LogP contribution is 2.60. The second-order valence-corrected chi connectivity index (χ2v) is 19.0. The average Bonchev–Trinajstić information content (AvgIpc) is 2.86. The molecule has 0 radical (unpaired) electrons. The molecular weight excluding hydrogens is 632 g/mol. The van der Waals surface area contributed by atoms with E-state index < -0.39 is 56.4 Å². The summed E-state index contributed by atoms with van der Waals surface area (Å²) >= 11 is 0. The highest BCUT2D eigenvalue weighted by atomic mass is 17.4. The molecule has 2 aliphatic rings. The normalized spacial score (nSPS) is 30.8. The molecule has 2 saturated carbocycles. The lowest BCUT2D eigenvalue weighted by atomic mass is 9.64. The number of hydrogen-bond donors (Lipinski definition) is 2. The molecule has 0 aromatic carbocycles. The molecule has 2 N–H and O–H groups in total. The molecule has 4 unspecified atom stereocenters. The Hall–Kier alpha value is -0.560. The Morgan fingerprint density at radius 2 is 0.646 bits per heavy atom. The first-order chi connectivity index (χ1) is 21.4. The standard InChI is InChI=1S/C34H66O14/c1-23-19-29(15,16)33(45-39-25(3,4)5,46-40-26(6,7)8)31(21-23,37-35)43-44-32(38-36)22-24(2)20-30(17,18)34(32,47-41-27(9,10)11)48-42-28(12,13)14/h23-24,35-36H,19-22H2,1-18H3. The van der Waals surface area contributed by atoms with Gasteiger partial charge in [-0.3, -0.25) is 0 Å². The predicted octanol–water partition coefficient (Wildman–Crippen LogP) is 8.60. The van der Waals surface area contributed by atoms with Crippen molar-refractivity contribution >= 4 is 0 Å². The van der Waals surface area contributed by atoms with Crippen LogP contribution in [0.5, 0.6) is 0 Å². The van der Waals surface area contributed by atoms with Gasteiger partial charge in [0, 0.05) is 23.7 Å². The van der Waals surface area contributed by atoms with Gasteiger partial charge in [0.2, 0.25) is 0 Å². The van der Waals surface area contributed by atoms with Gasteiger partial charge in [0.1, 0.15) is 0 Å². The van der Waals surface area contributed by atoms with Crippen LogP contribution in [-0.4, -0.2) is 56.1 Å². The minimum atomic E-state index is -2.34. The van der Waals surface area contributed by atoms with Crippen molar-refractivity contribution < 1.29 is 69.2 Å². The van der Waals surface area contributed by atoms with Gasteiger partial charge in [0.05, 0.1) is 22.4 Å². The summed E-state index contributed by atoms with van der Waals surface area (Å²) in [6.07, 6.45) is 0.840. The lowest BCUT2D eigenvalue weighted by molar-refractivity contribution is -0.705. The quantitative estimate of drug-likeness (QED) is 0.107. The van der Waals surface area contributed by atoms with Crippen LogP contribution in [0.3, 0.4) is 0 Å². The average molecular weight is 699 g/mol. The van der Waals surface area contributed by atoms with Gasteiger partial charge >= 0.3 is 0 Å². The van der Waals surface area contributed by atoms with E-state index in [1.54, 1.807) is 83.1 Å². The molecule has 0 aromatic rings. The molecule has 2 fully saturated rings. The van der Waals surface area contributed by atoms with Crippen LogP contribution in [-0.2, 0) is 58.7 Å². The smallest absolute Gasteiger partial charge is 0.248 e. The molecule has 286 valence electrons. The first-order valence-electron chi connectivity index (χ1n) is 16.8. The van der Waals surface area contributed by atoms with Crippen molar-refractivity contribution in [1.82, 2.24) is 0 Å². The summed E-state index contributed by atoms with van der Waals surface area (Å²) in [4.78, 5) is 71.0. The van der Waals surface area contributed by atoms with Crippen LogP contribution in [0.2, 0.25) is 0 Å². The fourth-order valence-corrected chi connectivity index (χ4v) is 6.38. The van der Waals surface area contributed by atoms with Crippen LogP contribution in [0.25, 0.3) is 0 Å². The van der Waals surface area contributed by atoms with E-state index in [1.165, 1.54) is 0 Å². The summed E-state index contributed by atoms with van der Waals surface area (Å²) in [5, 5.41) is 21.8.